The number of methoxy groups -OCH3 is 2. The maximum Gasteiger partial charge on any atom is 0.264 e. The average molecular weight is 351 g/mol. The van der Waals surface area contributed by atoms with Gasteiger partial charge in [-0.05, 0) is 36.4 Å². The second-order valence-electron chi connectivity index (χ2n) is 4.82. The number of halogens is 1. The molecule has 0 aliphatic heterocycles. The van der Waals surface area contributed by atoms with E-state index in [4.69, 9.17) is 9.47 Å². The Morgan fingerprint density at radius 1 is 1.08 bits per heavy atom. The van der Waals surface area contributed by atoms with Crippen LogP contribution in [0.1, 0.15) is 0 Å². The molecule has 2 aromatic carbocycles. The molecule has 0 aliphatic carbocycles. The van der Waals surface area contributed by atoms with Gasteiger partial charge in [0.2, 0.25) is 0 Å². The van der Waals surface area contributed by atoms with Crippen molar-refractivity contribution in [3.63, 3.8) is 0 Å². The highest BCUT2D eigenvalue weighted by Gasteiger charge is 2.25. The molecule has 2 aromatic rings. The van der Waals surface area contributed by atoms with Crippen LogP contribution in [0.15, 0.2) is 60.0 Å². The average Bonchev–Trinajstić information content (AvgIpc) is 2.59. The minimum Gasteiger partial charge on any atom is -0.493 e. The lowest BCUT2D eigenvalue weighted by atomic mass is 10.2. The third-order valence-corrected chi connectivity index (χ3v) is 5.16. The van der Waals surface area contributed by atoms with E-state index in [2.05, 4.69) is 6.58 Å². The van der Waals surface area contributed by atoms with Crippen molar-refractivity contribution in [1.82, 2.24) is 0 Å². The third kappa shape index (κ3) is 3.51. The van der Waals surface area contributed by atoms with Gasteiger partial charge in [0.05, 0.1) is 31.3 Å². The molecule has 0 aromatic heterocycles. The van der Waals surface area contributed by atoms with Gasteiger partial charge in [-0.2, -0.15) is 0 Å². The minimum absolute atomic E-state index is 0.0134. The zero-order chi connectivity index (χ0) is 17.7. The summed E-state index contributed by atoms with van der Waals surface area (Å²) in [6, 6.07) is 9.43. The van der Waals surface area contributed by atoms with Gasteiger partial charge in [0.15, 0.2) is 11.5 Å². The van der Waals surface area contributed by atoms with Crippen LogP contribution < -0.4 is 13.8 Å². The molecule has 128 valence electrons. The fourth-order valence-corrected chi connectivity index (χ4v) is 3.60. The number of nitrogens with zero attached hydrogens (tertiary/aromatic N) is 1. The Hall–Kier alpha value is -2.54. The van der Waals surface area contributed by atoms with E-state index in [1.165, 1.54) is 32.4 Å². The summed E-state index contributed by atoms with van der Waals surface area (Å²) in [5.41, 5.74) is 0.386. The molecule has 5 nitrogen and oxygen atoms in total. The van der Waals surface area contributed by atoms with Crippen LogP contribution in [0.3, 0.4) is 0 Å². The van der Waals surface area contributed by atoms with Crippen LogP contribution >= 0.6 is 0 Å². The van der Waals surface area contributed by atoms with Crippen LogP contribution in [-0.4, -0.2) is 29.2 Å². The highest BCUT2D eigenvalue weighted by molar-refractivity contribution is 7.92. The third-order valence-electron chi connectivity index (χ3n) is 3.35. The maximum atomic E-state index is 13.1. The molecule has 0 radical (unpaired) electrons. The molecule has 0 unspecified atom stereocenters. The first-order chi connectivity index (χ1) is 11.4. The predicted molar refractivity (Wildman–Crippen MR) is 90.7 cm³/mol. The summed E-state index contributed by atoms with van der Waals surface area (Å²) in [4.78, 5) is -0.0134. The first kappa shape index (κ1) is 17.8. The molecule has 0 atom stereocenters. The number of anilines is 1. The lowest BCUT2D eigenvalue weighted by Crippen LogP contribution is -2.31. The van der Waals surface area contributed by atoms with Crippen LogP contribution in [0.2, 0.25) is 0 Å². The zero-order valence-corrected chi connectivity index (χ0v) is 14.2. The van der Waals surface area contributed by atoms with E-state index in [0.717, 1.165) is 16.4 Å². The fourth-order valence-electron chi connectivity index (χ4n) is 2.17. The second-order valence-corrected chi connectivity index (χ2v) is 6.68. The fraction of sp³-hybridized carbons (Fsp3) is 0.176. The van der Waals surface area contributed by atoms with E-state index in [-0.39, 0.29) is 11.4 Å². The summed E-state index contributed by atoms with van der Waals surface area (Å²) in [6.07, 6.45) is 1.47. The zero-order valence-electron chi connectivity index (χ0n) is 13.4. The molecule has 0 fully saturated rings. The van der Waals surface area contributed by atoms with Crippen molar-refractivity contribution in [2.45, 2.75) is 4.90 Å². The number of benzene rings is 2. The quantitative estimate of drug-likeness (QED) is 0.719. The molecule has 24 heavy (non-hydrogen) atoms. The first-order valence-corrected chi connectivity index (χ1v) is 8.49. The molecule has 0 heterocycles. The summed E-state index contributed by atoms with van der Waals surface area (Å²) in [5.74, 6) is 0.382. The molecule has 0 saturated heterocycles. The van der Waals surface area contributed by atoms with Gasteiger partial charge in [0, 0.05) is 6.07 Å². The van der Waals surface area contributed by atoms with Crippen molar-refractivity contribution < 1.29 is 22.3 Å². The van der Waals surface area contributed by atoms with Crippen molar-refractivity contribution in [2.75, 3.05) is 25.1 Å². The van der Waals surface area contributed by atoms with Crippen molar-refractivity contribution in [1.29, 1.82) is 0 Å². The standard InChI is InChI=1S/C17H18FNO4S/c1-4-11-19(14-7-10-16(22-2)17(12-14)23-3)24(20,21)15-8-5-13(18)6-9-15/h4-10,12H,1,11H2,2-3H3. The Labute approximate surface area is 141 Å². The van der Waals surface area contributed by atoms with Crippen LogP contribution in [0.5, 0.6) is 11.5 Å². The molecule has 2 rings (SSSR count). The predicted octanol–water partition coefficient (Wildman–Crippen LogP) is 3.22. The van der Waals surface area contributed by atoms with Gasteiger partial charge in [-0.25, -0.2) is 12.8 Å². The molecule has 0 N–H and O–H groups in total. The van der Waals surface area contributed by atoms with Crippen molar-refractivity contribution in [3.8, 4) is 11.5 Å². The Morgan fingerprint density at radius 3 is 2.25 bits per heavy atom. The summed E-state index contributed by atoms with van der Waals surface area (Å²) >= 11 is 0. The highest BCUT2D eigenvalue weighted by atomic mass is 32.2. The molecule has 0 spiro atoms. The second kappa shape index (κ2) is 7.35. The Morgan fingerprint density at radius 2 is 1.71 bits per heavy atom. The van der Waals surface area contributed by atoms with E-state index in [0.29, 0.717) is 17.2 Å². The Balaban J connectivity index is 2.52. The lowest BCUT2D eigenvalue weighted by Gasteiger charge is -2.24. The van der Waals surface area contributed by atoms with Crippen LogP contribution in [0, 0.1) is 5.82 Å². The monoisotopic (exact) mass is 351 g/mol. The lowest BCUT2D eigenvalue weighted by molar-refractivity contribution is 0.355. The SMILES string of the molecule is C=CCN(c1ccc(OC)c(OC)c1)S(=O)(=O)c1ccc(F)cc1. The number of rotatable bonds is 7. The largest absolute Gasteiger partial charge is 0.493 e. The summed E-state index contributed by atoms with van der Waals surface area (Å²) in [6.45, 7) is 3.65. The van der Waals surface area contributed by atoms with Gasteiger partial charge in [0.25, 0.3) is 10.0 Å². The number of hydrogen-bond donors (Lipinski definition) is 0. The smallest absolute Gasteiger partial charge is 0.264 e. The van der Waals surface area contributed by atoms with E-state index >= 15 is 0 Å². The molecule has 0 saturated carbocycles. The van der Waals surface area contributed by atoms with Gasteiger partial charge in [0.1, 0.15) is 5.82 Å². The van der Waals surface area contributed by atoms with Gasteiger partial charge in [-0.15, -0.1) is 6.58 Å². The summed E-state index contributed by atoms with van der Waals surface area (Å²) in [7, 11) is -0.918. The van der Waals surface area contributed by atoms with Crippen molar-refractivity contribution in [2.24, 2.45) is 0 Å². The number of ether oxygens (including phenoxy) is 2. The number of sulfonamides is 1. The molecular weight excluding hydrogens is 333 g/mol. The van der Waals surface area contributed by atoms with Gasteiger partial charge in [-0.3, -0.25) is 4.31 Å². The molecule has 0 amide bonds. The maximum absolute atomic E-state index is 13.1. The van der Waals surface area contributed by atoms with E-state index < -0.39 is 15.8 Å². The molecule has 0 bridgehead atoms. The summed E-state index contributed by atoms with van der Waals surface area (Å²) < 4.78 is 50.4. The highest BCUT2D eigenvalue weighted by Crippen LogP contribution is 2.33. The van der Waals surface area contributed by atoms with Crippen molar-refractivity contribution >= 4 is 15.7 Å². The van der Waals surface area contributed by atoms with Gasteiger partial charge < -0.3 is 9.47 Å². The van der Waals surface area contributed by atoms with Crippen LogP contribution in [-0.2, 0) is 10.0 Å². The van der Waals surface area contributed by atoms with E-state index in [1.807, 2.05) is 0 Å². The first-order valence-electron chi connectivity index (χ1n) is 7.05. The molecular formula is C17H18FNO4S. The van der Waals surface area contributed by atoms with E-state index in [1.54, 1.807) is 18.2 Å². The molecule has 7 heteroatoms. The van der Waals surface area contributed by atoms with Crippen LogP contribution in [0.4, 0.5) is 10.1 Å². The number of hydrogen-bond acceptors (Lipinski definition) is 4. The van der Waals surface area contributed by atoms with Gasteiger partial charge in [-0.1, -0.05) is 6.08 Å². The normalized spacial score (nSPS) is 11.0. The Bertz CT molecular complexity index is 819. The van der Waals surface area contributed by atoms with Gasteiger partial charge >= 0.3 is 0 Å². The minimum atomic E-state index is -3.88. The van der Waals surface area contributed by atoms with Crippen LogP contribution in [0.25, 0.3) is 0 Å². The van der Waals surface area contributed by atoms with E-state index in [9.17, 15) is 12.8 Å². The topological polar surface area (TPSA) is 55.8 Å². The molecule has 0 aliphatic rings. The Kier molecular flexibility index (Phi) is 5.46. The summed E-state index contributed by atoms with van der Waals surface area (Å²) in [5, 5.41) is 0. The van der Waals surface area contributed by atoms with Crippen molar-refractivity contribution in [3.05, 3.63) is 60.9 Å².